The van der Waals surface area contributed by atoms with Gasteiger partial charge in [0.15, 0.2) is 11.8 Å². The van der Waals surface area contributed by atoms with Crippen LogP contribution in [0.5, 0.6) is 0 Å². The Morgan fingerprint density at radius 2 is 1.96 bits per heavy atom. The normalized spacial score (nSPS) is 22.1. The number of imide groups is 1. The fraction of sp³-hybridized carbons (Fsp3) is 0.375. The van der Waals surface area contributed by atoms with Gasteiger partial charge in [-0.3, -0.25) is 9.59 Å². The van der Waals surface area contributed by atoms with E-state index in [1.54, 1.807) is 25.1 Å². The number of amides is 2. The highest BCUT2D eigenvalue weighted by Crippen LogP contribution is 2.36. The van der Waals surface area contributed by atoms with Crippen LogP contribution in [0.4, 0.5) is 5.69 Å². The van der Waals surface area contributed by atoms with Gasteiger partial charge in [-0.25, -0.2) is 9.69 Å². The summed E-state index contributed by atoms with van der Waals surface area (Å²) >= 11 is 0. The zero-order valence-corrected chi connectivity index (χ0v) is 13.9. The fourth-order valence-electron chi connectivity index (χ4n) is 2.95. The number of hydrogen-bond acceptors (Lipinski definition) is 7. The second-order valence-corrected chi connectivity index (χ2v) is 5.81. The summed E-state index contributed by atoms with van der Waals surface area (Å²) in [6.07, 6.45) is 0. The topological polar surface area (TPSA) is 109 Å². The van der Waals surface area contributed by atoms with Crippen molar-refractivity contribution in [2.45, 2.75) is 26.8 Å². The van der Waals surface area contributed by atoms with Gasteiger partial charge >= 0.3 is 5.97 Å². The standard InChI is InChI=1S/C16H16N4O5/c1-4-25-16(23)12-11-13(20(17-12)18-24)15(22)19(14(11)21)10-6-5-8(2)9(3)7-10/h5-7,11,13H,4H2,1-3H3/t11-,13+/m1/s1. The number of benzene rings is 1. The summed E-state index contributed by atoms with van der Waals surface area (Å²) in [4.78, 5) is 49.6. The van der Waals surface area contributed by atoms with E-state index in [1.165, 1.54) is 0 Å². The van der Waals surface area contributed by atoms with Gasteiger partial charge in [0.05, 0.1) is 17.6 Å². The number of fused-ring (bicyclic) bond motifs is 1. The Bertz CT molecular complexity index is 819. The average Bonchev–Trinajstić information content (AvgIpc) is 3.08. The van der Waals surface area contributed by atoms with Crippen molar-refractivity contribution >= 4 is 29.2 Å². The van der Waals surface area contributed by atoms with E-state index in [1.807, 2.05) is 13.8 Å². The molecule has 1 aromatic rings. The number of carbonyl (C=O) groups excluding carboxylic acids is 3. The Morgan fingerprint density at radius 3 is 2.56 bits per heavy atom. The number of esters is 1. The summed E-state index contributed by atoms with van der Waals surface area (Å²) in [5.74, 6) is -3.32. The number of hydrazone groups is 1. The Morgan fingerprint density at radius 1 is 1.24 bits per heavy atom. The number of aryl methyl sites for hydroxylation is 2. The molecule has 3 rings (SSSR count). The maximum atomic E-state index is 12.8. The highest BCUT2D eigenvalue weighted by Gasteiger charge is 2.59. The van der Waals surface area contributed by atoms with E-state index in [2.05, 4.69) is 10.4 Å². The third kappa shape index (κ3) is 2.48. The Hall–Kier alpha value is -3.10. The summed E-state index contributed by atoms with van der Waals surface area (Å²) < 4.78 is 4.86. The summed E-state index contributed by atoms with van der Waals surface area (Å²) in [5.41, 5.74) is 2.01. The van der Waals surface area contributed by atoms with Crippen molar-refractivity contribution in [3.8, 4) is 0 Å². The maximum Gasteiger partial charge on any atom is 0.355 e. The lowest BCUT2D eigenvalue weighted by Crippen LogP contribution is -2.36. The molecule has 2 atom stereocenters. The van der Waals surface area contributed by atoms with Crippen LogP contribution in [0.25, 0.3) is 0 Å². The van der Waals surface area contributed by atoms with Crippen molar-refractivity contribution in [1.29, 1.82) is 0 Å². The molecule has 130 valence electrons. The molecule has 1 aromatic carbocycles. The van der Waals surface area contributed by atoms with Crippen LogP contribution in [-0.4, -0.2) is 41.3 Å². The molecule has 0 bridgehead atoms. The van der Waals surface area contributed by atoms with E-state index in [4.69, 9.17) is 4.74 Å². The van der Waals surface area contributed by atoms with Crippen LogP contribution in [0.1, 0.15) is 18.1 Å². The number of anilines is 1. The van der Waals surface area contributed by atoms with Crippen molar-refractivity contribution in [1.82, 2.24) is 5.12 Å². The van der Waals surface area contributed by atoms with Gasteiger partial charge < -0.3 is 4.74 Å². The molecule has 1 saturated heterocycles. The lowest BCUT2D eigenvalue weighted by Gasteiger charge is -2.17. The second kappa shape index (κ2) is 6.08. The van der Waals surface area contributed by atoms with Crippen molar-refractivity contribution in [2.75, 3.05) is 11.5 Å². The second-order valence-electron chi connectivity index (χ2n) is 5.81. The number of carbonyl (C=O) groups is 3. The summed E-state index contributed by atoms with van der Waals surface area (Å²) in [7, 11) is 0. The zero-order valence-electron chi connectivity index (χ0n) is 13.9. The molecule has 1 fully saturated rings. The smallest absolute Gasteiger partial charge is 0.355 e. The molecule has 9 heteroatoms. The number of nitrogens with zero attached hydrogens (tertiary/aromatic N) is 4. The molecule has 0 aromatic heterocycles. The molecule has 2 aliphatic rings. The number of nitroso groups, excluding NO2 is 1. The van der Waals surface area contributed by atoms with Crippen molar-refractivity contribution in [3.05, 3.63) is 34.2 Å². The lowest BCUT2D eigenvalue weighted by atomic mass is 9.98. The Labute approximate surface area is 143 Å². The SMILES string of the molecule is CCOC(=O)C1=NN(N=O)[C@@H]2C(=O)N(c3ccc(C)c(C)c3)C(=O)[C@H]12. The van der Waals surface area contributed by atoms with Gasteiger partial charge in [-0.05, 0) is 44.0 Å². The average molecular weight is 344 g/mol. The molecule has 0 N–H and O–H groups in total. The summed E-state index contributed by atoms with van der Waals surface area (Å²) in [6.45, 7) is 5.44. The summed E-state index contributed by atoms with van der Waals surface area (Å²) in [6, 6.07) is 3.87. The first-order chi connectivity index (χ1) is 11.9. The van der Waals surface area contributed by atoms with Crippen LogP contribution < -0.4 is 4.90 Å². The highest BCUT2D eigenvalue weighted by atomic mass is 16.5. The van der Waals surface area contributed by atoms with Crippen LogP contribution in [0, 0.1) is 24.7 Å². The van der Waals surface area contributed by atoms with Gasteiger partial charge in [-0.1, -0.05) is 6.07 Å². The molecular weight excluding hydrogens is 328 g/mol. The van der Waals surface area contributed by atoms with Crippen LogP contribution in [-0.2, 0) is 19.1 Å². The molecule has 2 amide bonds. The van der Waals surface area contributed by atoms with Crippen LogP contribution >= 0.6 is 0 Å². The molecule has 0 radical (unpaired) electrons. The minimum Gasteiger partial charge on any atom is -0.461 e. The van der Waals surface area contributed by atoms with Crippen LogP contribution in [0.15, 0.2) is 28.6 Å². The maximum absolute atomic E-state index is 12.8. The quantitative estimate of drug-likeness (QED) is 0.459. The Balaban J connectivity index is 2.02. The van der Waals surface area contributed by atoms with E-state index < -0.39 is 29.7 Å². The predicted molar refractivity (Wildman–Crippen MR) is 87.4 cm³/mol. The minimum absolute atomic E-state index is 0.0762. The van der Waals surface area contributed by atoms with Gasteiger partial charge in [0.2, 0.25) is 5.91 Å². The molecule has 0 saturated carbocycles. The molecule has 25 heavy (non-hydrogen) atoms. The minimum atomic E-state index is -1.26. The van der Waals surface area contributed by atoms with Crippen molar-refractivity contribution in [2.24, 2.45) is 16.3 Å². The first-order valence-corrected chi connectivity index (χ1v) is 7.73. The number of ether oxygens (including phenoxy) is 1. The van der Waals surface area contributed by atoms with Gasteiger partial charge in [-0.2, -0.15) is 0 Å². The number of hydrogen-bond donors (Lipinski definition) is 0. The lowest BCUT2D eigenvalue weighted by molar-refractivity contribution is -0.136. The summed E-state index contributed by atoms with van der Waals surface area (Å²) in [5, 5.41) is 6.92. The highest BCUT2D eigenvalue weighted by molar-refractivity contribution is 6.46. The van der Waals surface area contributed by atoms with Gasteiger partial charge in [0.1, 0.15) is 5.92 Å². The van der Waals surface area contributed by atoms with E-state index >= 15 is 0 Å². The zero-order chi connectivity index (χ0) is 18.3. The van der Waals surface area contributed by atoms with Gasteiger partial charge in [0, 0.05) is 0 Å². The van der Waals surface area contributed by atoms with Gasteiger partial charge in [-0.15, -0.1) is 15.1 Å². The van der Waals surface area contributed by atoms with E-state index in [-0.39, 0.29) is 12.3 Å². The van der Waals surface area contributed by atoms with E-state index in [0.29, 0.717) is 10.8 Å². The predicted octanol–water partition coefficient (Wildman–Crippen LogP) is 1.08. The third-order valence-corrected chi connectivity index (χ3v) is 4.35. The molecular formula is C16H16N4O5. The third-order valence-electron chi connectivity index (χ3n) is 4.35. The molecule has 0 unspecified atom stereocenters. The fourth-order valence-corrected chi connectivity index (χ4v) is 2.95. The Kier molecular flexibility index (Phi) is 4.07. The van der Waals surface area contributed by atoms with E-state index in [0.717, 1.165) is 16.0 Å². The van der Waals surface area contributed by atoms with Crippen LogP contribution in [0.2, 0.25) is 0 Å². The first kappa shape index (κ1) is 16.7. The van der Waals surface area contributed by atoms with Crippen molar-refractivity contribution in [3.63, 3.8) is 0 Å². The molecule has 2 aliphatic heterocycles. The first-order valence-electron chi connectivity index (χ1n) is 7.73. The van der Waals surface area contributed by atoms with E-state index in [9.17, 15) is 19.3 Å². The molecule has 0 aliphatic carbocycles. The van der Waals surface area contributed by atoms with Crippen molar-refractivity contribution < 1.29 is 19.1 Å². The molecule has 9 nitrogen and oxygen atoms in total. The molecule has 0 spiro atoms. The monoisotopic (exact) mass is 344 g/mol. The number of rotatable bonds is 4. The van der Waals surface area contributed by atoms with Gasteiger partial charge in [0.25, 0.3) is 5.91 Å². The largest absolute Gasteiger partial charge is 0.461 e. The molecule has 2 heterocycles. The van der Waals surface area contributed by atoms with Crippen LogP contribution in [0.3, 0.4) is 0 Å².